The molecule has 1 amide bonds. The van der Waals surface area contributed by atoms with Crippen molar-refractivity contribution in [1.82, 2.24) is 9.80 Å². The SMILES string of the molecule is COc1c(Cl)cc(C(=O)N2CCN(CC(O)c3ccccc3)CC2)cc1Cl. The first-order chi connectivity index (χ1) is 13.0. The molecule has 2 aromatic carbocycles. The van der Waals surface area contributed by atoms with Crippen LogP contribution in [0.3, 0.4) is 0 Å². The predicted molar refractivity (Wildman–Crippen MR) is 107 cm³/mol. The van der Waals surface area contributed by atoms with Gasteiger partial charge in [0.1, 0.15) is 0 Å². The van der Waals surface area contributed by atoms with Gasteiger partial charge in [0.15, 0.2) is 5.75 Å². The van der Waals surface area contributed by atoms with Gasteiger partial charge in [-0.3, -0.25) is 9.69 Å². The second kappa shape index (κ2) is 8.93. The van der Waals surface area contributed by atoms with E-state index >= 15 is 0 Å². The van der Waals surface area contributed by atoms with Crippen molar-refractivity contribution >= 4 is 29.1 Å². The van der Waals surface area contributed by atoms with E-state index in [1.807, 2.05) is 30.3 Å². The Kier molecular flexibility index (Phi) is 6.60. The van der Waals surface area contributed by atoms with E-state index in [1.54, 1.807) is 17.0 Å². The van der Waals surface area contributed by atoms with Crippen LogP contribution in [-0.4, -0.2) is 60.6 Å². The first-order valence-corrected chi connectivity index (χ1v) is 9.53. The number of halogens is 2. The average Bonchev–Trinajstić information content (AvgIpc) is 2.68. The molecule has 1 heterocycles. The van der Waals surface area contributed by atoms with Crippen molar-refractivity contribution in [2.24, 2.45) is 0 Å². The van der Waals surface area contributed by atoms with Gasteiger partial charge in [-0.15, -0.1) is 0 Å². The Morgan fingerprint density at radius 3 is 2.26 bits per heavy atom. The van der Waals surface area contributed by atoms with Gasteiger partial charge < -0.3 is 14.7 Å². The average molecular weight is 409 g/mol. The van der Waals surface area contributed by atoms with E-state index in [9.17, 15) is 9.90 Å². The summed E-state index contributed by atoms with van der Waals surface area (Å²) in [5.41, 5.74) is 1.35. The topological polar surface area (TPSA) is 53.0 Å². The lowest BCUT2D eigenvalue weighted by Gasteiger charge is -2.35. The summed E-state index contributed by atoms with van der Waals surface area (Å²) in [5, 5.41) is 11.0. The Morgan fingerprint density at radius 2 is 1.70 bits per heavy atom. The van der Waals surface area contributed by atoms with Gasteiger partial charge in [0.2, 0.25) is 0 Å². The molecule has 0 bridgehead atoms. The van der Waals surface area contributed by atoms with E-state index in [4.69, 9.17) is 27.9 Å². The number of piperazine rings is 1. The van der Waals surface area contributed by atoms with Gasteiger partial charge in [0, 0.05) is 38.3 Å². The number of benzene rings is 2. The van der Waals surface area contributed by atoms with Crippen LogP contribution in [0.2, 0.25) is 10.0 Å². The zero-order chi connectivity index (χ0) is 19.4. The van der Waals surface area contributed by atoms with Gasteiger partial charge in [0.25, 0.3) is 5.91 Å². The van der Waals surface area contributed by atoms with Gasteiger partial charge in [0.05, 0.1) is 23.3 Å². The Labute approximate surface area is 169 Å². The maximum absolute atomic E-state index is 12.8. The van der Waals surface area contributed by atoms with Crippen molar-refractivity contribution in [3.63, 3.8) is 0 Å². The van der Waals surface area contributed by atoms with Gasteiger partial charge >= 0.3 is 0 Å². The molecule has 1 atom stereocenters. The normalized spacial score (nSPS) is 16.2. The van der Waals surface area contributed by atoms with E-state index in [-0.39, 0.29) is 5.91 Å². The maximum Gasteiger partial charge on any atom is 0.254 e. The molecule has 2 aromatic rings. The summed E-state index contributed by atoms with van der Waals surface area (Å²) < 4.78 is 5.12. The molecule has 1 unspecified atom stereocenters. The summed E-state index contributed by atoms with van der Waals surface area (Å²) in [7, 11) is 1.48. The molecule has 1 aliphatic rings. The summed E-state index contributed by atoms with van der Waals surface area (Å²) >= 11 is 12.3. The summed E-state index contributed by atoms with van der Waals surface area (Å²) in [6.07, 6.45) is -0.535. The number of methoxy groups -OCH3 is 1. The van der Waals surface area contributed by atoms with Crippen molar-refractivity contribution in [2.75, 3.05) is 39.8 Å². The lowest BCUT2D eigenvalue weighted by Crippen LogP contribution is -2.49. The number of amides is 1. The molecule has 27 heavy (non-hydrogen) atoms. The first kappa shape index (κ1) is 20.0. The highest BCUT2D eigenvalue weighted by Crippen LogP contribution is 2.34. The van der Waals surface area contributed by atoms with Crippen LogP contribution < -0.4 is 4.74 Å². The van der Waals surface area contributed by atoms with E-state index in [0.29, 0.717) is 54.1 Å². The van der Waals surface area contributed by atoms with Crippen molar-refractivity contribution in [2.45, 2.75) is 6.10 Å². The van der Waals surface area contributed by atoms with Crippen LogP contribution in [0.4, 0.5) is 0 Å². The van der Waals surface area contributed by atoms with Gasteiger partial charge in [-0.1, -0.05) is 53.5 Å². The fourth-order valence-electron chi connectivity index (χ4n) is 3.22. The second-order valence-electron chi connectivity index (χ2n) is 6.49. The Hall–Kier alpha value is -1.79. The van der Waals surface area contributed by atoms with Crippen molar-refractivity contribution in [3.05, 3.63) is 63.6 Å². The van der Waals surface area contributed by atoms with E-state index in [0.717, 1.165) is 5.56 Å². The van der Waals surface area contributed by atoms with Crippen LogP contribution in [-0.2, 0) is 0 Å². The fraction of sp³-hybridized carbons (Fsp3) is 0.350. The highest BCUT2D eigenvalue weighted by Gasteiger charge is 2.25. The van der Waals surface area contributed by atoms with Gasteiger partial charge in [-0.25, -0.2) is 0 Å². The highest BCUT2D eigenvalue weighted by molar-refractivity contribution is 6.37. The summed E-state index contributed by atoms with van der Waals surface area (Å²) in [5.74, 6) is 0.263. The zero-order valence-corrected chi connectivity index (χ0v) is 16.6. The van der Waals surface area contributed by atoms with E-state index in [1.165, 1.54) is 7.11 Å². The smallest absolute Gasteiger partial charge is 0.254 e. The monoisotopic (exact) mass is 408 g/mol. The Balaban J connectivity index is 1.58. The fourth-order valence-corrected chi connectivity index (χ4v) is 3.86. The number of aliphatic hydroxyl groups is 1. The third kappa shape index (κ3) is 4.74. The molecule has 1 N–H and O–H groups in total. The minimum Gasteiger partial charge on any atom is -0.494 e. The Morgan fingerprint density at radius 1 is 1.11 bits per heavy atom. The molecule has 144 valence electrons. The minimum atomic E-state index is -0.535. The lowest BCUT2D eigenvalue weighted by atomic mass is 10.1. The number of carbonyl (C=O) groups excluding carboxylic acids is 1. The number of nitrogens with zero attached hydrogens (tertiary/aromatic N) is 2. The largest absolute Gasteiger partial charge is 0.494 e. The number of hydrogen-bond acceptors (Lipinski definition) is 4. The second-order valence-corrected chi connectivity index (χ2v) is 7.31. The summed E-state index contributed by atoms with van der Waals surface area (Å²) in [4.78, 5) is 16.7. The van der Waals surface area contributed by atoms with Crippen molar-refractivity contribution in [1.29, 1.82) is 0 Å². The molecule has 7 heteroatoms. The molecular formula is C20H22Cl2N2O3. The minimum absolute atomic E-state index is 0.107. The van der Waals surface area contributed by atoms with E-state index in [2.05, 4.69) is 4.90 Å². The molecule has 1 saturated heterocycles. The summed E-state index contributed by atoms with van der Waals surface area (Å²) in [6, 6.07) is 12.8. The van der Waals surface area contributed by atoms with Crippen LogP contribution in [0.1, 0.15) is 22.0 Å². The van der Waals surface area contributed by atoms with Crippen LogP contribution in [0, 0.1) is 0 Å². The first-order valence-electron chi connectivity index (χ1n) is 8.77. The van der Waals surface area contributed by atoms with Crippen LogP contribution in [0.15, 0.2) is 42.5 Å². The van der Waals surface area contributed by atoms with Crippen LogP contribution in [0.25, 0.3) is 0 Å². The van der Waals surface area contributed by atoms with Crippen molar-refractivity contribution in [3.8, 4) is 5.75 Å². The molecule has 0 aliphatic carbocycles. The molecule has 3 rings (SSSR count). The van der Waals surface area contributed by atoms with Crippen LogP contribution >= 0.6 is 23.2 Å². The number of aliphatic hydroxyl groups excluding tert-OH is 1. The third-order valence-corrected chi connectivity index (χ3v) is 5.29. The molecule has 0 spiro atoms. The third-order valence-electron chi connectivity index (χ3n) is 4.72. The van der Waals surface area contributed by atoms with Crippen LogP contribution in [0.5, 0.6) is 5.75 Å². The molecule has 5 nitrogen and oxygen atoms in total. The van der Waals surface area contributed by atoms with Gasteiger partial charge in [-0.05, 0) is 17.7 Å². The predicted octanol–water partition coefficient (Wildman–Crippen LogP) is 3.49. The molecule has 0 saturated carbocycles. The lowest BCUT2D eigenvalue weighted by molar-refractivity contribution is 0.0527. The number of hydrogen-bond donors (Lipinski definition) is 1. The van der Waals surface area contributed by atoms with Gasteiger partial charge in [-0.2, -0.15) is 0 Å². The summed E-state index contributed by atoms with van der Waals surface area (Å²) in [6.45, 7) is 3.12. The molecule has 0 radical (unpaired) electrons. The van der Waals surface area contributed by atoms with Crippen molar-refractivity contribution < 1.29 is 14.6 Å². The number of rotatable bonds is 5. The highest BCUT2D eigenvalue weighted by atomic mass is 35.5. The molecule has 1 aliphatic heterocycles. The number of ether oxygens (including phenoxy) is 1. The molecule has 1 fully saturated rings. The number of carbonyl (C=O) groups is 1. The standard InChI is InChI=1S/C20H22Cl2N2O3/c1-27-19-16(21)11-15(12-17(19)22)20(26)24-9-7-23(8-10-24)13-18(25)14-5-3-2-4-6-14/h2-6,11-12,18,25H,7-10,13H2,1H3. The molecular weight excluding hydrogens is 387 g/mol. The molecule has 0 aromatic heterocycles. The Bertz CT molecular complexity index is 770. The zero-order valence-electron chi connectivity index (χ0n) is 15.1. The quantitative estimate of drug-likeness (QED) is 0.822. The number of β-amino-alcohol motifs (C(OH)–C–C–N with tert-alkyl or cyclic N) is 1. The maximum atomic E-state index is 12.8. The van der Waals surface area contributed by atoms with E-state index < -0.39 is 6.10 Å².